The van der Waals surface area contributed by atoms with Gasteiger partial charge in [-0.1, -0.05) is 18.2 Å². The Morgan fingerprint density at radius 3 is 2.64 bits per heavy atom. The molecule has 2 heterocycles. The van der Waals surface area contributed by atoms with Crippen LogP contribution in [0.15, 0.2) is 65.8 Å². The zero-order chi connectivity index (χ0) is 17.5. The highest BCUT2D eigenvalue weighted by Gasteiger charge is 2.08. The third-order valence-electron chi connectivity index (χ3n) is 3.32. The third kappa shape index (κ3) is 4.77. The van der Waals surface area contributed by atoms with Crippen molar-refractivity contribution in [2.75, 3.05) is 17.6 Å². The van der Waals surface area contributed by atoms with E-state index in [1.165, 1.54) is 23.2 Å². The molecule has 0 saturated carbocycles. The molecule has 0 spiro atoms. The molecular weight excluding hydrogens is 336 g/mol. The van der Waals surface area contributed by atoms with Gasteiger partial charge in [0.15, 0.2) is 0 Å². The maximum absolute atomic E-state index is 11.1. The summed E-state index contributed by atoms with van der Waals surface area (Å²) in [6.07, 6.45) is 3.09. The second kappa shape index (κ2) is 8.25. The Kier molecular flexibility index (Phi) is 5.58. The van der Waals surface area contributed by atoms with Crippen LogP contribution in [0.2, 0.25) is 0 Å². The molecule has 0 unspecified atom stereocenters. The van der Waals surface area contributed by atoms with Crippen molar-refractivity contribution in [1.29, 1.82) is 0 Å². The lowest BCUT2D eigenvalue weighted by molar-refractivity contribution is 0.0697. The smallest absolute Gasteiger partial charge is 0.335 e. The van der Waals surface area contributed by atoms with E-state index in [1.54, 1.807) is 24.0 Å². The van der Waals surface area contributed by atoms with Crippen LogP contribution in [0.25, 0.3) is 11.4 Å². The molecule has 0 atom stereocenters. The molecule has 0 aliphatic carbocycles. The van der Waals surface area contributed by atoms with Crippen LogP contribution in [0.4, 0.5) is 5.95 Å². The lowest BCUT2D eigenvalue weighted by atomic mass is 10.2. The maximum Gasteiger partial charge on any atom is 0.335 e. The fourth-order valence-electron chi connectivity index (χ4n) is 2.14. The van der Waals surface area contributed by atoms with Crippen molar-refractivity contribution in [1.82, 2.24) is 15.0 Å². The Balaban J connectivity index is 1.61. The fraction of sp³-hybridized carbons (Fsp3) is 0.111. The van der Waals surface area contributed by atoms with E-state index in [1.807, 2.05) is 18.2 Å². The Morgan fingerprint density at radius 1 is 1.04 bits per heavy atom. The highest BCUT2D eigenvalue weighted by atomic mass is 32.2. The first-order chi connectivity index (χ1) is 12.2. The highest BCUT2D eigenvalue weighted by molar-refractivity contribution is 7.99. The molecule has 6 nitrogen and oxygen atoms in total. The number of nitrogens with one attached hydrogen (secondary N) is 1. The van der Waals surface area contributed by atoms with E-state index >= 15 is 0 Å². The van der Waals surface area contributed by atoms with Gasteiger partial charge in [0, 0.05) is 29.6 Å². The summed E-state index contributed by atoms with van der Waals surface area (Å²) in [4.78, 5) is 25.1. The van der Waals surface area contributed by atoms with Crippen molar-refractivity contribution < 1.29 is 9.90 Å². The molecule has 0 fully saturated rings. The van der Waals surface area contributed by atoms with E-state index < -0.39 is 5.97 Å². The van der Waals surface area contributed by atoms with Gasteiger partial charge < -0.3 is 10.4 Å². The number of hydrogen-bond acceptors (Lipinski definition) is 6. The van der Waals surface area contributed by atoms with Crippen molar-refractivity contribution in [3.63, 3.8) is 0 Å². The van der Waals surface area contributed by atoms with Crippen LogP contribution in [0.1, 0.15) is 10.4 Å². The molecule has 0 bridgehead atoms. The minimum absolute atomic E-state index is 0.178. The number of thioether (sulfide) groups is 1. The zero-order valence-electron chi connectivity index (χ0n) is 13.3. The number of nitrogens with zero attached hydrogens (tertiary/aromatic N) is 3. The van der Waals surface area contributed by atoms with Crippen LogP contribution in [0.5, 0.6) is 0 Å². The molecule has 25 heavy (non-hydrogen) atoms. The van der Waals surface area contributed by atoms with Gasteiger partial charge in [-0.15, -0.1) is 11.8 Å². The first kappa shape index (κ1) is 16.9. The number of aromatic nitrogens is 3. The number of benzene rings is 1. The van der Waals surface area contributed by atoms with Gasteiger partial charge in [0.05, 0.1) is 17.0 Å². The summed E-state index contributed by atoms with van der Waals surface area (Å²) in [5.41, 5.74) is 1.26. The second-order valence-electron chi connectivity index (χ2n) is 5.09. The van der Waals surface area contributed by atoms with Gasteiger partial charge in [0.25, 0.3) is 0 Å². The maximum atomic E-state index is 11.1. The van der Waals surface area contributed by atoms with Crippen molar-refractivity contribution in [2.24, 2.45) is 0 Å². The van der Waals surface area contributed by atoms with Gasteiger partial charge >= 0.3 is 5.97 Å². The lowest BCUT2D eigenvalue weighted by Crippen LogP contribution is -2.08. The van der Waals surface area contributed by atoms with E-state index in [2.05, 4.69) is 32.4 Å². The minimum atomic E-state index is -0.992. The van der Waals surface area contributed by atoms with Crippen LogP contribution >= 0.6 is 11.8 Å². The molecule has 2 aromatic heterocycles. The van der Waals surface area contributed by atoms with E-state index in [0.717, 1.165) is 5.75 Å². The largest absolute Gasteiger partial charge is 0.478 e. The summed E-state index contributed by atoms with van der Waals surface area (Å²) in [6.45, 7) is 0.714. The average molecular weight is 352 g/mol. The highest BCUT2D eigenvalue weighted by Crippen LogP contribution is 2.18. The Morgan fingerprint density at radius 2 is 1.84 bits per heavy atom. The van der Waals surface area contributed by atoms with Gasteiger partial charge in [-0.3, -0.25) is 4.98 Å². The Hall–Kier alpha value is -2.93. The summed E-state index contributed by atoms with van der Waals surface area (Å²) >= 11 is 1.75. The summed E-state index contributed by atoms with van der Waals surface area (Å²) in [6, 6.07) is 14.8. The molecule has 7 heteroatoms. The topological polar surface area (TPSA) is 88.0 Å². The van der Waals surface area contributed by atoms with Crippen molar-refractivity contribution in [3.8, 4) is 11.4 Å². The second-order valence-corrected chi connectivity index (χ2v) is 6.26. The number of rotatable bonds is 7. The molecule has 3 aromatic rings. The minimum Gasteiger partial charge on any atom is -0.478 e. The molecule has 0 radical (unpaired) electrons. The van der Waals surface area contributed by atoms with E-state index in [-0.39, 0.29) is 5.56 Å². The predicted molar refractivity (Wildman–Crippen MR) is 97.9 cm³/mol. The zero-order valence-corrected chi connectivity index (χ0v) is 14.1. The molecule has 0 saturated heterocycles. The first-order valence-corrected chi connectivity index (χ1v) is 8.65. The summed E-state index contributed by atoms with van der Waals surface area (Å²) in [5.74, 6) is 0.382. The van der Waals surface area contributed by atoms with Gasteiger partial charge in [0.2, 0.25) is 5.95 Å². The number of hydrogen-bond donors (Lipinski definition) is 2. The van der Waals surface area contributed by atoms with Gasteiger partial charge in [-0.2, -0.15) is 0 Å². The number of carboxylic acid groups (broad SMARTS) is 1. The van der Waals surface area contributed by atoms with Crippen LogP contribution in [-0.2, 0) is 0 Å². The van der Waals surface area contributed by atoms with Gasteiger partial charge in [-0.05, 0) is 30.3 Å². The number of aromatic carboxylic acids is 1. The van der Waals surface area contributed by atoms with E-state index in [0.29, 0.717) is 23.9 Å². The van der Waals surface area contributed by atoms with Gasteiger partial charge in [0.1, 0.15) is 0 Å². The van der Waals surface area contributed by atoms with E-state index in [4.69, 9.17) is 5.11 Å². The summed E-state index contributed by atoms with van der Waals surface area (Å²) in [7, 11) is 0. The number of carbonyl (C=O) groups is 1. The lowest BCUT2D eigenvalue weighted by Gasteiger charge is -2.07. The quantitative estimate of drug-likeness (QED) is 0.497. The normalized spacial score (nSPS) is 10.4. The van der Waals surface area contributed by atoms with Crippen LogP contribution in [0, 0.1) is 0 Å². The molecule has 1 aromatic carbocycles. The third-order valence-corrected chi connectivity index (χ3v) is 4.34. The monoisotopic (exact) mass is 352 g/mol. The number of pyridine rings is 1. The van der Waals surface area contributed by atoms with Crippen LogP contribution < -0.4 is 5.32 Å². The molecule has 0 aliphatic rings. The molecular formula is C18H16N4O2S. The molecule has 126 valence electrons. The Bertz CT molecular complexity index is 858. The first-order valence-electron chi connectivity index (χ1n) is 7.67. The van der Waals surface area contributed by atoms with Crippen LogP contribution in [0.3, 0.4) is 0 Å². The van der Waals surface area contributed by atoms with Gasteiger partial charge in [-0.25, -0.2) is 14.8 Å². The average Bonchev–Trinajstić information content (AvgIpc) is 2.66. The Labute approximate surface area is 149 Å². The van der Waals surface area contributed by atoms with Crippen molar-refractivity contribution in [3.05, 3.63) is 66.5 Å². The van der Waals surface area contributed by atoms with E-state index in [9.17, 15) is 4.79 Å². The fourth-order valence-corrected chi connectivity index (χ4v) is 2.93. The molecule has 3 rings (SSSR count). The molecule has 0 amide bonds. The molecule has 0 aliphatic heterocycles. The summed E-state index contributed by atoms with van der Waals surface area (Å²) in [5, 5.41) is 12.2. The molecule has 2 N–H and O–H groups in total. The van der Waals surface area contributed by atoms with Crippen molar-refractivity contribution in [2.45, 2.75) is 4.90 Å². The summed E-state index contributed by atoms with van der Waals surface area (Å²) < 4.78 is 0. The SMILES string of the molecule is O=C(O)c1ccnc(-c2ccnc(NCCSc3ccccc3)n2)c1. The van der Waals surface area contributed by atoms with Crippen LogP contribution in [-0.4, -0.2) is 38.3 Å². The number of carboxylic acids is 1. The van der Waals surface area contributed by atoms with Crippen molar-refractivity contribution >= 4 is 23.7 Å². The predicted octanol–water partition coefficient (Wildman–Crippen LogP) is 3.44. The number of anilines is 1. The standard InChI is InChI=1S/C18H16N4O2S/c23-17(24)13-6-8-19-16(12-13)15-7-9-20-18(22-15)21-10-11-25-14-4-2-1-3-5-14/h1-9,12H,10-11H2,(H,23,24)(H,20,21,22).